The van der Waals surface area contributed by atoms with Crippen molar-refractivity contribution in [2.45, 2.75) is 18.2 Å². The van der Waals surface area contributed by atoms with Crippen molar-refractivity contribution >= 4 is 20.0 Å². The summed E-state index contributed by atoms with van der Waals surface area (Å²) in [6, 6.07) is 15.9. The first-order valence-electron chi connectivity index (χ1n) is 8.25. The number of rotatable bonds is 9. The van der Waals surface area contributed by atoms with Crippen LogP contribution in [0.4, 0.5) is 0 Å². The van der Waals surface area contributed by atoms with E-state index in [9.17, 15) is 16.8 Å². The SMILES string of the molecule is Cc1ccc(S(=O)(=O)N(C)CCNS(=O)(=O)CCc2ccccc2)cc1. The van der Waals surface area contributed by atoms with Gasteiger partial charge in [0.15, 0.2) is 0 Å². The average Bonchev–Trinajstić information content (AvgIpc) is 2.61. The maximum atomic E-state index is 12.5. The zero-order valence-corrected chi connectivity index (χ0v) is 16.6. The van der Waals surface area contributed by atoms with E-state index >= 15 is 0 Å². The monoisotopic (exact) mass is 396 g/mol. The minimum Gasteiger partial charge on any atom is -0.214 e. The molecule has 0 radical (unpaired) electrons. The lowest BCUT2D eigenvalue weighted by atomic mass is 10.2. The second-order valence-electron chi connectivity index (χ2n) is 6.09. The minimum absolute atomic E-state index is 0.0265. The van der Waals surface area contributed by atoms with E-state index in [2.05, 4.69) is 4.72 Å². The van der Waals surface area contributed by atoms with E-state index in [1.54, 1.807) is 24.3 Å². The van der Waals surface area contributed by atoms with Gasteiger partial charge in [0.2, 0.25) is 20.0 Å². The van der Waals surface area contributed by atoms with Gasteiger partial charge in [-0.3, -0.25) is 0 Å². The number of hydrogen-bond donors (Lipinski definition) is 1. The van der Waals surface area contributed by atoms with Crippen molar-refractivity contribution in [3.05, 3.63) is 65.7 Å². The van der Waals surface area contributed by atoms with Crippen molar-refractivity contribution in [2.75, 3.05) is 25.9 Å². The quantitative estimate of drug-likeness (QED) is 0.700. The summed E-state index contributed by atoms with van der Waals surface area (Å²) in [7, 11) is -5.65. The summed E-state index contributed by atoms with van der Waals surface area (Å²) in [6.45, 7) is 1.96. The first kappa shape index (κ1) is 20.6. The highest BCUT2D eigenvalue weighted by Gasteiger charge is 2.20. The molecule has 8 heteroatoms. The Morgan fingerprint density at radius 3 is 2.15 bits per heavy atom. The number of hydrogen-bond acceptors (Lipinski definition) is 4. The average molecular weight is 397 g/mol. The molecule has 0 aliphatic carbocycles. The van der Waals surface area contributed by atoms with Crippen LogP contribution in [0.1, 0.15) is 11.1 Å². The summed E-state index contributed by atoms with van der Waals surface area (Å²) in [5, 5.41) is 0. The fraction of sp³-hybridized carbons (Fsp3) is 0.333. The van der Waals surface area contributed by atoms with Crippen molar-refractivity contribution in [3.63, 3.8) is 0 Å². The third kappa shape index (κ3) is 5.91. The molecule has 26 heavy (non-hydrogen) atoms. The van der Waals surface area contributed by atoms with Gasteiger partial charge in [0.1, 0.15) is 0 Å². The molecule has 0 heterocycles. The van der Waals surface area contributed by atoms with E-state index in [1.807, 2.05) is 37.3 Å². The van der Waals surface area contributed by atoms with E-state index < -0.39 is 20.0 Å². The maximum Gasteiger partial charge on any atom is 0.242 e. The van der Waals surface area contributed by atoms with Crippen LogP contribution in [0.15, 0.2) is 59.5 Å². The molecule has 0 bridgehead atoms. The van der Waals surface area contributed by atoms with Crippen LogP contribution >= 0.6 is 0 Å². The minimum atomic E-state index is -3.63. The summed E-state index contributed by atoms with van der Waals surface area (Å²) < 4.78 is 52.7. The Kier molecular flexibility index (Phi) is 6.94. The van der Waals surface area contributed by atoms with E-state index in [-0.39, 0.29) is 23.7 Å². The summed E-state index contributed by atoms with van der Waals surface area (Å²) in [5.74, 6) is -0.0363. The third-order valence-corrected chi connectivity index (χ3v) is 7.24. The lowest BCUT2D eigenvalue weighted by Crippen LogP contribution is -2.37. The van der Waals surface area contributed by atoms with Gasteiger partial charge in [0.25, 0.3) is 0 Å². The Morgan fingerprint density at radius 2 is 1.54 bits per heavy atom. The van der Waals surface area contributed by atoms with Crippen LogP contribution in [0.2, 0.25) is 0 Å². The van der Waals surface area contributed by atoms with Gasteiger partial charge in [-0.1, -0.05) is 48.0 Å². The maximum absolute atomic E-state index is 12.5. The van der Waals surface area contributed by atoms with Crippen molar-refractivity contribution in [1.82, 2.24) is 9.03 Å². The summed E-state index contributed by atoms with van der Waals surface area (Å²) in [6.07, 6.45) is 0.410. The fourth-order valence-electron chi connectivity index (χ4n) is 2.34. The van der Waals surface area contributed by atoms with E-state index in [1.165, 1.54) is 7.05 Å². The number of nitrogens with zero attached hydrogens (tertiary/aromatic N) is 1. The van der Waals surface area contributed by atoms with Crippen LogP contribution in [0.3, 0.4) is 0 Å². The number of nitrogens with one attached hydrogen (secondary N) is 1. The van der Waals surface area contributed by atoms with E-state index in [0.29, 0.717) is 6.42 Å². The van der Waals surface area contributed by atoms with E-state index in [0.717, 1.165) is 15.4 Å². The van der Waals surface area contributed by atoms with Gasteiger partial charge in [-0.2, -0.15) is 4.31 Å². The third-order valence-electron chi connectivity index (χ3n) is 3.98. The molecule has 0 fully saturated rings. The van der Waals surface area contributed by atoms with Crippen molar-refractivity contribution < 1.29 is 16.8 Å². The van der Waals surface area contributed by atoms with Crippen LogP contribution in [0.25, 0.3) is 0 Å². The molecule has 2 aromatic rings. The fourth-order valence-corrected chi connectivity index (χ4v) is 4.56. The lowest BCUT2D eigenvalue weighted by Gasteiger charge is -2.17. The molecular weight excluding hydrogens is 372 g/mol. The molecule has 0 amide bonds. The van der Waals surface area contributed by atoms with E-state index in [4.69, 9.17) is 0 Å². The van der Waals surface area contributed by atoms with Crippen LogP contribution in [-0.2, 0) is 26.5 Å². The van der Waals surface area contributed by atoms with Crippen molar-refractivity contribution in [3.8, 4) is 0 Å². The zero-order chi connectivity index (χ0) is 19.2. The smallest absolute Gasteiger partial charge is 0.214 e. The number of likely N-dealkylation sites (N-methyl/N-ethyl adjacent to an activating group) is 1. The van der Waals surface area contributed by atoms with Gasteiger partial charge in [-0.05, 0) is 31.0 Å². The van der Waals surface area contributed by atoms with Gasteiger partial charge in [0, 0.05) is 20.1 Å². The number of sulfonamides is 2. The second kappa shape index (κ2) is 8.77. The molecule has 0 spiro atoms. The van der Waals surface area contributed by atoms with Crippen LogP contribution < -0.4 is 4.72 Å². The zero-order valence-electron chi connectivity index (χ0n) is 14.9. The first-order valence-corrected chi connectivity index (χ1v) is 11.3. The second-order valence-corrected chi connectivity index (χ2v) is 10.1. The van der Waals surface area contributed by atoms with Crippen molar-refractivity contribution in [1.29, 1.82) is 0 Å². The summed E-state index contributed by atoms with van der Waals surface area (Å²) in [5.41, 5.74) is 1.91. The number of benzene rings is 2. The van der Waals surface area contributed by atoms with Gasteiger partial charge >= 0.3 is 0 Å². The number of aryl methyl sites for hydroxylation is 2. The standard InChI is InChI=1S/C18H24N2O4S2/c1-16-8-10-18(11-9-16)26(23,24)20(2)14-13-19-25(21,22)15-12-17-6-4-3-5-7-17/h3-11,19H,12-15H2,1-2H3. The largest absolute Gasteiger partial charge is 0.242 e. The topological polar surface area (TPSA) is 83.6 Å². The summed E-state index contributed by atoms with van der Waals surface area (Å²) in [4.78, 5) is 0.192. The normalized spacial score (nSPS) is 12.4. The molecule has 0 saturated carbocycles. The molecular formula is C18H24N2O4S2. The van der Waals surface area contributed by atoms with Crippen LogP contribution in [-0.4, -0.2) is 47.0 Å². The Bertz CT molecular complexity index is 909. The predicted molar refractivity (Wildman–Crippen MR) is 103 cm³/mol. The van der Waals surface area contributed by atoms with Crippen LogP contribution in [0.5, 0.6) is 0 Å². The molecule has 6 nitrogen and oxygen atoms in total. The van der Waals surface area contributed by atoms with Gasteiger partial charge in [-0.25, -0.2) is 21.6 Å². The first-order chi connectivity index (χ1) is 12.2. The Morgan fingerprint density at radius 1 is 0.923 bits per heavy atom. The lowest BCUT2D eigenvalue weighted by molar-refractivity contribution is 0.469. The van der Waals surface area contributed by atoms with Gasteiger partial charge in [0.05, 0.1) is 10.6 Å². The molecule has 0 aliphatic heterocycles. The highest BCUT2D eigenvalue weighted by atomic mass is 32.2. The molecule has 0 aromatic heterocycles. The molecule has 0 saturated heterocycles. The molecule has 2 rings (SSSR count). The van der Waals surface area contributed by atoms with Gasteiger partial charge in [-0.15, -0.1) is 0 Å². The molecule has 142 valence electrons. The highest BCUT2D eigenvalue weighted by Crippen LogP contribution is 2.14. The predicted octanol–water partition coefficient (Wildman–Crippen LogP) is 1.78. The molecule has 0 unspecified atom stereocenters. The molecule has 1 N–H and O–H groups in total. The van der Waals surface area contributed by atoms with Crippen LogP contribution in [0, 0.1) is 6.92 Å². The Balaban J connectivity index is 1.86. The molecule has 0 aliphatic rings. The molecule has 2 aromatic carbocycles. The summed E-state index contributed by atoms with van der Waals surface area (Å²) >= 11 is 0. The molecule has 0 atom stereocenters. The van der Waals surface area contributed by atoms with Gasteiger partial charge < -0.3 is 0 Å². The Hall–Kier alpha value is -1.74. The highest BCUT2D eigenvalue weighted by molar-refractivity contribution is 7.89. The van der Waals surface area contributed by atoms with Crippen molar-refractivity contribution in [2.24, 2.45) is 0 Å². The Labute approximate surface area is 156 Å².